The van der Waals surface area contributed by atoms with E-state index in [0.29, 0.717) is 6.42 Å². The van der Waals surface area contributed by atoms with Gasteiger partial charge in [-0.15, -0.1) is 0 Å². The van der Waals surface area contributed by atoms with Crippen molar-refractivity contribution in [1.29, 1.82) is 0 Å². The lowest BCUT2D eigenvalue weighted by Gasteiger charge is -2.23. The summed E-state index contributed by atoms with van der Waals surface area (Å²) in [5.41, 5.74) is 26.5. The summed E-state index contributed by atoms with van der Waals surface area (Å²) in [5, 5.41) is 34.4. The van der Waals surface area contributed by atoms with Crippen molar-refractivity contribution >= 4 is 41.6 Å². The second-order valence-corrected chi connectivity index (χ2v) is 7.81. The van der Waals surface area contributed by atoms with Crippen LogP contribution in [-0.2, 0) is 24.0 Å². The normalized spacial score (nSPS) is 13.7. The summed E-state index contributed by atoms with van der Waals surface area (Å²) in [6.07, 6.45) is -0.335. The van der Waals surface area contributed by atoms with Gasteiger partial charge >= 0.3 is 11.9 Å². The lowest BCUT2D eigenvalue weighted by atomic mass is 10.1. The van der Waals surface area contributed by atoms with Crippen LogP contribution in [0.25, 0.3) is 0 Å². The molecule has 4 atom stereocenters. The summed E-state index contributed by atoms with van der Waals surface area (Å²) in [6, 6.07) is -5.80. The molecule has 3 amide bonds. The lowest BCUT2D eigenvalue weighted by molar-refractivity contribution is -0.143. The van der Waals surface area contributed by atoms with E-state index < -0.39 is 66.9 Å². The summed E-state index contributed by atoms with van der Waals surface area (Å²) in [6.45, 7) is -0.599. The molecule has 18 nitrogen and oxygen atoms in total. The zero-order valence-corrected chi connectivity index (χ0v) is 20.1. The van der Waals surface area contributed by atoms with Crippen molar-refractivity contribution in [2.45, 2.75) is 56.3 Å². The van der Waals surface area contributed by atoms with E-state index >= 15 is 0 Å². The maximum absolute atomic E-state index is 12.6. The minimum atomic E-state index is -1.72. The van der Waals surface area contributed by atoms with E-state index in [0.717, 1.165) is 0 Å². The van der Waals surface area contributed by atoms with Gasteiger partial charge in [0.2, 0.25) is 17.7 Å². The molecule has 0 aromatic heterocycles. The fourth-order valence-corrected chi connectivity index (χ4v) is 2.81. The Hall–Kier alpha value is -4.19. The Morgan fingerprint density at radius 1 is 0.703 bits per heavy atom. The van der Waals surface area contributed by atoms with Crippen LogP contribution in [0.2, 0.25) is 0 Å². The summed E-state index contributed by atoms with van der Waals surface area (Å²) >= 11 is 0. The van der Waals surface area contributed by atoms with Gasteiger partial charge in [-0.25, -0.2) is 4.79 Å². The lowest BCUT2D eigenvalue weighted by Crippen LogP contribution is -2.58. The van der Waals surface area contributed by atoms with E-state index in [9.17, 15) is 34.2 Å². The molecule has 0 aromatic rings. The van der Waals surface area contributed by atoms with Crippen molar-refractivity contribution in [1.82, 2.24) is 16.0 Å². The maximum Gasteiger partial charge on any atom is 0.326 e. The van der Waals surface area contributed by atoms with Gasteiger partial charge in [-0.1, -0.05) is 0 Å². The van der Waals surface area contributed by atoms with Crippen LogP contribution < -0.4 is 44.6 Å². The van der Waals surface area contributed by atoms with Crippen molar-refractivity contribution < 1.29 is 39.3 Å². The monoisotopic (exact) mass is 532 g/mol. The van der Waals surface area contributed by atoms with Crippen LogP contribution in [0.4, 0.5) is 0 Å². The first kappa shape index (κ1) is 32.8. The fourth-order valence-electron chi connectivity index (χ4n) is 2.81. The Bertz CT molecular complexity index is 858. The minimum Gasteiger partial charge on any atom is -0.481 e. The number of carboxylic acid groups (broad SMARTS) is 2. The van der Waals surface area contributed by atoms with Gasteiger partial charge in [-0.2, -0.15) is 0 Å². The second kappa shape index (κ2) is 17.3. The molecule has 0 saturated carbocycles. The molecule has 0 aliphatic carbocycles. The molecule has 0 saturated heterocycles. The highest BCUT2D eigenvalue weighted by Gasteiger charge is 2.31. The number of nitrogens with zero attached hydrogens (tertiary/aromatic N) is 2. The second-order valence-electron chi connectivity index (χ2n) is 7.81. The van der Waals surface area contributed by atoms with Crippen LogP contribution in [0.1, 0.15) is 32.1 Å². The van der Waals surface area contributed by atoms with Crippen LogP contribution >= 0.6 is 0 Å². The molecule has 0 aromatic carbocycles. The number of rotatable bonds is 18. The van der Waals surface area contributed by atoms with E-state index in [1.807, 2.05) is 0 Å². The number of hydrogen-bond acceptors (Lipinski definition) is 9. The molecule has 0 fully saturated rings. The van der Waals surface area contributed by atoms with E-state index in [1.54, 1.807) is 0 Å². The van der Waals surface area contributed by atoms with Gasteiger partial charge in [-0.3, -0.25) is 29.2 Å². The van der Waals surface area contributed by atoms with Gasteiger partial charge < -0.3 is 59.9 Å². The van der Waals surface area contributed by atoms with Crippen LogP contribution in [0.3, 0.4) is 0 Å². The topological polar surface area (TPSA) is 337 Å². The van der Waals surface area contributed by atoms with Gasteiger partial charge in [0.1, 0.15) is 18.1 Å². The van der Waals surface area contributed by atoms with E-state index in [2.05, 4.69) is 25.9 Å². The molecule has 16 N–H and O–H groups in total. The highest BCUT2D eigenvalue weighted by molar-refractivity contribution is 5.95. The highest BCUT2D eigenvalue weighted by atomic mass is 16.4. The summed E-state index contributed by atoms with van der Waals surface area (Å²) in [5.74, 6) is -6.22. The van der Waals surface area contributed by atoms with E-state index in [4.69, 9.17) is 33.8 Å². The number of carbonyl (C=O) groups is 5. The van der Waals surface area contributed by atoms with Crippen LogP contribution in [0.5, 0.6) is 0 Å². The Kier molecular flexibility index (Phi) is 15.3. The molecule has 0 spiro atoms. The molecule has 4 unspecified atom stereocenters. The smallest absolute Gasteiger partial charge is 0.326 e. The van der Waals surface area contributed by atoms with Gasteiger partial charge in [0.25, 0.3) is 0 Å². The number of aliphatic hydroxyl groups is 1. The van der Waals surface area contributed by atoms with Crippen molar-refractivity contribution in [2.24, 2.45) is 38.7 Å². The molecule has 0 aliphatic heterocycles. The number of carboxylic acids is 2. The largest absolute Gasteiger partial charge is 0.481 e. The predicted molar refractivity (Wildman–Crippen MR) is 131 cm³/mol. The van der Waals surface area contributed by atoms with Crippen molar-refractivity contribution in [3.63, 3.8) is 0 Å². The third-order valence-corrected chi connectivity index (χ3v) is 4.69. The highest BCUT2D eigenvalue weighted by Crippen LogP contribution is 2.03. The fraction of sp³-hybridized carbons (Fsp3) is 0.632. The van der Waals surface area contributed by atoms with Crippen molar-refractivity contribution in [3.8, 4) is 0 Å². The number of aliphatic carboxylic acids is 2. The number of hydrogen-bond donors (Lipinski definition) is 11. The molecule has 0 bridgehead atoms. The molecule has 0 radical (unpaired) electrons. The SMILES string of the molecule is NC(N)=NCCCC(N)C(=O)NC(CO)C(=O)NC(CC(=O)O)C(=O)NC(CCCN=C(N)N)C(=O)O. The van der Waals surface area contributed by atoms with Crippen LogP contribution in [-0.4, -0.2) is 101 Å². The van der Waals surface area contributed by atoms with Crippen molar-refractivity contribution in [3.05, 3.63) is 0 Å². The van der Waals surface area contributed by atoms with Gasteiger partial charge in [0.15, 0.2) is 11.9 Å². The number of nitrogens with two attached hydrogens (primary N) is 5. The van der Waals surface area contributed by atoms with Crippen molar-refractivity contribution in [2.75, 3.05) is 19.7 Å². The zero-order chi connectivity index (χ0) is 28.5. The first-order chi connectivity index (χ1) is 17.3. The number of aliphatic hydroxyl groups excluding tert-OH is 1. The molecular weight excluding hydrogens is 496 g/mol. The molecule has 210 valence electrons. The number of amides is 3. The third kappa shape index (κ3) is 14.7. The Morgan fingerprint density at radius 2 is 1.16 bits per heavy atom. The molecule has 0 heterocycles. The summed E-state index contributed by atoms with van der Waals surface area (Å²) in [4.78, 5) is 67.5. The minimum absolute atomic E-state index is 0.0889. The molecule has 37 heavy (non-hydrogen) atoms. The first-order valence-electron chi connectivity index (χ1n) is 11.1. The Morgan fingerprint density at radius 3 is 1.62 bits per heavy atom. The number of guanidine groups is 2. The number of carbonyl (C=O) groups excluding carboxylic acids is 3. The zero-order valence-electron chi connectivity index (χ0n) is 20.1. The standard InChI is InChI=1S/C19H36N10O8/c20-9(3-1-5-25-18(21)22)14(33)29-12(8-30)16(35)28-11(7-13(31)32)15(34)27-10(17(36)37)4-2-6-26-19(23)24/h9-12,30H,1-8,20H2,(H,27,34)(H,28,35)(H,29,33)(H,31,32)(H,36,37)(H4,21,22,25)(H4,23,24,26). The molecule has 0 aliphatic rings. The Labute approximate surface area is 212 Å². The van der Waals surface area contributed by atoms with Gasteiger partial charge in [0.05, 0.1) is 19.1 Å². The van der Waals surface area contributed by atoms with Gasteiger partial charge in [-0.05, 0) is 25.7 Å². The molecule has 0 rings (SSSR count). The van der Waals surface area contributed by atoms with Crippen LogP contribution in [0.15, 0.2) is 9.98 Å². The van der Waals surface area contributed by atoms with Crippen LogP contribution in [0, 0.1) is 0 Å². The van der Waals surface area contributed by atoms with E-state index in [1.165, 1.54) is 0 Å². The maximum atomic E-state index is 12.6. The van der Waals surface area contributed by atoms with E-state index in [-0.39, 0.29) is 44.3 Å². The average molecular weight is 533 g/mol. The Balaban J connectivity index is 5.18. The summed E-state index contributed by atoms with van der Waals surface area (Å²) in [7, 11) is 0. The number of nitrogens with one attached hydrogen (secondary N) is 3. The van der Waals surface area contributed by atoms with Gasteiger partial charge in [0, 0.05) is 13.1 Å². The third-order valence-electron chi connectivity index (χ3n) is 4.69. The molecule has 18 heteroatoms. The number of aliphatic imine (C=N–C) groups is 2. The molecular formula is C19H36N10O8. The summed E-state index contributed by atoms with van der Waals surface area (Å²) < 4.78 is 0. The quantitative estimate of drug-likeness (QED) is 0.0446. The predicted octanol–water partition coefficient (Wildman–Crippen LogP) is -5.57. The average Bonchev–Trinajstić information content (AvgIpc) is 2.80. The first-order valence-corrected chi connectivity index (χ1v) is 11.1.